The molecule has 82 valence electrons. The zero-order valence-electron chi connectivity index (χ0n) is 7.24. The highest BCUT2D eigenvalue weighted by atomic mass is 16.4. The first-order chi connectivity index (χ1) is 5.99. The number of aliphatic hydroxyl groups is 5. The summed E-state index contributed by atoms with van der Waals surface area (Å²) < 4.78 is 0. The third kappa shape index (κ3) is 11.7. The van der Waals surface area contributed by atoms with Crippen LogP contribution in [0.3, 0.4) is 0 Å². The minimum atomic E-state index is -1.33. The Morgan fingerprint density at radius 1 is 1.00 bits per heavy atom. The summed E-state index contributed by atoms with van der Waals surface area (Å²) in [5, 5.41) is 40.8. The number of aliphatic hydroxyl groups excluding tert-OH is 5. The van der Waals surface area contributed by atoms with E-state index in [2.05, 4.69) is 0 Å². The van der Waals surface area contributed by atoms with Gasteiger partial charge in [0.25, 0.3) is 0 Å². The molecule has 0 aliphatic heterocycles. The smallest absolute Gasteiger partial charge is 0.130 e. The maximum Gasteiger partial charge on any atom is 0.130 e. The SMILES string of the molecule is NC(O)C(O)CO.NCC(O)CO. The summed E-state index contributed by atoms with van der Waals surface area (Å²) in [6, 6.07) is 0. The Hall–Kier alpha value is -0.280. The van der Waals surface area contributed by atoms with Gasteiger partial charge >= 0.3 is 0 Å². The zero-order valence-corrected chi connectivity index (χ0v) is 7.24. The van der Waals surface area contributed by atoms with E-state index in [9.17, 15) is 0 Å². The van der Waals surface area contributed by atoms with Gasteiger partial charge in [0, 0.05) is 6.54 Å². The Balaban J connectivity index is 0. The molecule has 0 heterocycles. The van der Waals surface area contributed by atoms with Crippen LogP contribution in [-0.2, 0) is 0 Å². The number of hydrogen-bond donors (Lipinski definition) is 7. The molecule has 0 radical (unpaired) electrons. The van der Waals surface area contributed by atoms with Crippen molar-refractivity contribution in [3.05, 3.63) is 0 Å². The van der Waals surface area contributed by atoms with Crippen LogP contribution >= 0.6 is 0 Å². The molecule has 0 spiro atoms. The van der Waals surface area contributed by atoms with E-state index >= 15 is 0 Å². The Bertz CT molecular complexity index is 99.0. The molecule has 9 N–H and O–H groups in total. The first kappa shape index (κ1) is 15.2. The van der Waals surface area contributed by atoms with Gasteiger partial charge in [0.2, 0.25) is 0 Å². The molecule has 0 aromatic rings. The second-order valence-corrected chi connectivity index (χ2v) is 2.31. The van der Waals surface area contributed by atoms with Crippen LogP contribution in [0, 0.1) is 0 Å². The maximum absolute atomic E-state index is 8.31. The third-order valence-electron chi connectivity index (χ3n) is 1.06. The average molecular weight is 198 g/mol. The summed E-state index contributed by atoms with van der Waals surface area (Å²) >= 11 is 0. The van der Waals surface area contributed by atoms with Crippen molar-refractivity contribution < 1.29 is 25.5 Å². The fourth-order valence-corrected chi connectivity index (χ4v) is 0.183. The summed E-state index contributed by atoms with van der Waals surface area (Å²) in [4.78, 5) is 0. The summed E-state index contributed by atoms with van der Waals surface area (Å²) in [6.45, 7) is -0.606. The molecule has 0 amide bonds. The molecule has 0 rings (SSSR count). The fourth-order valence-electron chi connectivity index (χ4n) is 0.183. The van der Waals surface area contributed by atoms with Gasteiger partial charge in [-0.05, 0) is 0 Å². The van der Waals surface area contributed by atoms with E-state index in [-0.39, 0.29) is 13.2 Å². The van der Waals surface area contributed by atoms with Crippen molar-refractivity contribution in [3.8, 4) is 0 Å². The van der Waals surface area contributed by atoms with Crippen LogP contribution in [0.1, 0.15) is 0 Å². The van der Waals surface area contributed by atoms with Crippen molar-refractivity contribution in [1.29, 1.82) is 0 Å². The van der Waals surface area contributed by atoms with Crippen molar-refractivity contribution in [2.24, 2.45) is 11.5 Å². The lowest BCUT2D eigenvalue weighted by molar-refractivity contribution is -0.0103. The lowest BCUT2D eigenvalue weighted by atomic mass is 10.3. The molecule has 0 bridgehead atoms. The second kappa shape index (κ2) is 9.81. The lowest BCUT2D eigenvalue weighted by Gasteiger charge is -2.07. The molecular weight excluding hydrogens is 180 g/mol. The van der Waals surface area contributed by atoms with Crippen LogP contribution in [0.4, 0.5) is 0 Å². The van der Waals surface area contributed by atoms with Gasteiger partial charge in [0.1, 0.15) is 12.3 Å². The molecule has 13 heavy (non-hydrogen) atoms. The van der Waals surface area contributed by atoms with Gasteiger partial charge in [-0.1, -0.05) is 0 Å². The van der Waals surface area contributed by atoms with E-state index in [0.717, 1.165) is 0 Å². The van der Waals surface area contributed by atoms with Gasteiger partial charge in [-0.25, -0.2) is 0 Å². The Morgan fingerprint density at radius 2 is 1.46 bits per heavy atom. The molecular formula is C6H18N2O5. The highest BCUT2D eigenvalue weighted by molar-refractivity contribution is 4.55. The van der Waals surface area contributed by atoms with Gasteiger partial charge in [-0.3, -0.25) is 0 Å². The minimum absolute atomic E-state index is 0.135. The summed E-state index contributed by atoms with van der Waals surface area (Å²) in [5.41, 5.74) is 9.56. The van der Waals surface area contributed by atoms with Crippen molar-refractivity contribution in [3.63, 3.8) is 0 Å². The maximum atomic E-state index is 8.31. The van der Waals surface area contributed by atoms with E-state index in [0.29, 0.717) is 0 Å². The number of rotatable bonds is 4. The largest absolute Gasteiger partial charge is 0.394 e. The highest BCUT2D eigenvalue weighted by Crippen LogP contribution is 1.80. The quantitative estimate of drug-likeness (QED) is 0.227. The monoisotopic (exact) mass is 198 g/mol. The molecule has 3 atom stereocenters. The van der Waals surface area contributed by atoms with Gasteiger partial charge in [-0.15, -0.1) is 0 Å². The summed E-state index contributed by atoms with van der Waals surface area (Å²) in [7, 11) is 0. The van der Waals surface area contributed by atoms with Crippen molar-refractivity contribution in [1.82, 2.24) is 0 Å². The summed E-state index contributed by atoms with van der Waals surface area (Å²) in [6.07, 6.45) is -3.27. The van der Waals surface area contributed by atoms with Gasteiger partial charge in [0.15, 0.2) is 0 Å². The molecule has 0 fully saturated rings. The van der Waals surface area contributed by atoms with E-state index in [4.69, 9.17) is 37.0 Å². The van der Waals surface area contributed by atoms with Crippen molar-refractivity contribution in [2.45, 2.75) is 18.4 Å². The number of hydrogen-bond acceptors (Lipinski definition) is 7. The Kier molecular flexibility index (Phi) is 11.5. The van der Waals surface area contributed by atoms with Crippen LogP contribution in [-0.4, -0.2) is 63.7 Å². The van der Waals surface area contributed by atoms with Crippen LogP contribution in [0.5, 0.6) is 0 Å². The number of nitrogens with two attached hydrogens (primary N) is 2. The third-order valence-corrected chi connectivity index (χ3v) is 1.06. The molecule has 0 aromatic carbocycles. The van der Waals surface area contributed by atoms with Gasteiger partial charge in [0.05, 0.1) is 19.3 Å². The Morgan fingerprint density at radius 3 is 1.46 bits per heavy atom. The molecule has 0 aliphatic carbocycles. The molecule has 7 heteroatoms. The van der Waals surface area contributed by atoms with Crippen LogP contribution < -0.4 is 11.5 Å². The van der Waals surface area contributed by atoms with E-state index in [1.54, 1.807) is 0 Å². The summed E-state index contributed by atoms with van der Waals surface area (Å²) in [5.74, 6) is 0. The van der Waals surface area contributed by atoms with Crippen LogP contribution in [0.2, 0.25) is 0 Å². The zero-order chi connectivity index (χ0) is 10.9. The highest BCUT2D eigenvalue weighted by Gasteiger charge is 2.07. The van der Waals surface area contributed by atoms with Crippen LogP contribution in [0.25, 0.3) is 0 Å². The molecule has 0 saturated carbocycles. The molecule has 0 saturated heterocycles. The predicted molar refractivity (Wildman–Crippen MR) is 45.4 cm³/mol. The van der Waals surface area contributed by atoms with Crippen molar-refractivity contribution in [2.75, 3.05) is 19.8 Å². The van der Waals surface area contributed by atoms with Gasteiger partial charge < -0.3 is 37.0 Å². The predicted octanol–water partition coefficient (Wildman–Crippen LogP) is -4.08. The van der Waals surface area contributed by atoms with E-state index < -0.39 is 25.0 Å². The molecule has 7 nitrogen and oxygen atoms in total. The standard InChI is InChI=1S/C3H9NO3.C3H9NO2/c4-3(7)2(6)1-5;4-1-3(6)2-5/h2-3,5-7H,1,4H2;3,5-6H,1-2,4H2. The molecule has 3 unspecified atom stereocenters. The van der Waals surface area contributed by atoms with E-state index in [1.807, 2.05) is 0 Å². The van der Waals surface area contributed by atoms with E-state index in [1.165, 1.54) is 0 Å². The van der Waals surface area contributed by atoms with Crippen molar-refractivity contribution >= 4 is 0 Å². The Labute approximate surface area is 76.2 Å². The first-order valence-electron chi connectivity index (χ1n) is 3.71. The molecule has 0 aromatic heterocycles. The molecule has 0 aliphatic rings. The van der Waals surface area contributed by atoms with Crippen LogP contribution in [0.15, 0.2) is 0 Å². The minimum Gasteiger partial charge on any atom is -0.394 e. The second-order valence-electron chi connectivity index (χ2n) is 2.31. The normalized spacial score (nSPS) is 16.8. The first-order valence-corrected chi connectivity index (χ1v) is 3.71. The fraction of sp³-hybridized carbons (Fsp3) is 1.00. The lowest BCUT2D eigenvalue weighted by Crippen LogP contribution is -2.36. The average Bonchev–Trinajstić information content (AvgIpc) is 2.16. The topological polar surface area (TPSA) is 153 Å². The van der Waals surface area contributed by atoms with Gasteiger partial charge in [-0.2, -0.15) is 0 Å².